The normalized spacial score (nSPS) is 16.6. The van der Waals surface area contributed by atoms with Crippen molar-refractivity contribution in [2.24, 2.45) is 11.0 Å². The van der Waals surface area contributed by atoms with Gasteiger partial charge in [0.1, 0.15) is 11.5 Å². The van der Waals surface area contributed by atoms with Gasteiger partial charge in [0.25, 0.3) is 0 Å². The summed E-state index contributed by atoms with van der Waals surface area (Å²) >= 11 is 0. The van der Waals surface area contributed by atoms with Crippen molar-refractivity contribution in [1.82, 2.24) is 5.43 Å². The Hall–Kier alpha value is -3.35. The number of methoxy groups -OCH3 is 2. The number of nitrogens with one attached hydrogen (secondary N) is 1. The third kappa shape index (κ3) is 4.44. The first kappa shape index (κ1) is 18.4. The molecule has 1 heterocycles. The Morgan fingerprint density at radius 3 is 2.59 bits per heavy atom. The van der Waals surface area contributed by atoms with Crippen molar-refractivity contribution >= 4 is 23.7 Å². The molecule has 0 saturated carbocycles. The molecule has 1 aliphatic heterocycles. The van der Waals surface area contributed by atoms with Gasteiger partial charge in [-0.15, -0.1) is 0 Å². The lowest BCUT2D eigenvalue weighted by Gasteiger charge is -2.16. The van der Waals surface area contributed by atoms with Gasteiger partial charge >= 0.3 is 0 Å². The van der Waals surface area contributed by atoms with Crippen molar-refractivity contribution in [3.8, 4) is 11.5 Å². The van der Waals surface area contributed by atoms with Crippen LogP contribution in [0.15, 0.2) is 53.6 Å². The van der Waals surface area contributed by atoms with E-state index in [1.54, 1.807) is 55.7 Å². The number of anilines is 1. The zero-order valence-corrected chi connectivity index (χ0v) is 15.2. The minimum atomic E-state index is -0.443. The summed E-state index contributed by atoms with van der Waals surface area (Å²) in [6.07, 6.45) is 1.70. The molecule has 0 aromatic heterocycles. The van der Waals surface area contributed by atoms with E-state index in [2.05, 4.69) is 10.5 Å². The topological polar surface area (TPSA) is 80.2 Å². The van der Waals surface area contributed by atoms with E-state index in [0.717, 1.165) is 11.3 Å². The Labute approximate surface area is 157 Å². The van der Waals surface area contributed by atoms with Crippen LogP contribution < -0.4 is 19.8 Å². The largest absolute Gasteiger partial charge is 0.497 e. The molecular formula is C20H21N3O4. The molecular weight excluding hydrogens is 346 g/mol. The highest BCUT2D eigenvalue weighted by Crippen LogP contribution is 2.26. The predicted molar refractivity (Wildman–Crippen MR) is 102 cm³/mol. The summed E-state index contributed by atoms with van der Waals surface area (Å²) in [5.41, 5.74) is 4.06. The van der Waals surface area contributed by atoms with Crippen LogP contribution in [0.1, 0.15) is 12.0 Å². The minimum Gasteiger partial charge on any atom is -0.497 e. The zero-order valence-electron chi connectivity index (χ0n) is 15.2. The van der Waals surface area contributed by atoms with E-state index >= 15 is 0 Å². The van der Waals surface area contributed by atoms with Crippen molar-refractivity contribution in [3.63, 3.8) is 0 Å². The number of benzene rings is 2. The van der Waals surface area contributed by atoms with Gasteiger partial charge in [-0.3, -0.25) is 9.59 Å². The maximum atomic E-state index is 12.3. The molecule has 1 saturated heterocycles. The van der Waals surface area contributed by atoms with Crippen LogP contribution in [0, 0.1) is 5.92 Å². The first-order valence-electron chi connectivity index (χ1n) is 8.52. The van der Waals surface area contributed by atoms with E-state index < -0.39 is 5.92 Å². The first-order valence-corrected chi connectivity index (χ1v) is 8.52. The van der Waals surface area contributed by atoms with Crippen molar-refractivity contribution in [2.45, 2.75) is 6.42 Å². The number of hydrogen-bond donors (Lipinski definition) is 1. The molecule has 3 rings (SSSR count). The van der Waals surface area contributed by atoms with Crippen LogP contribution >= 0.6 is 0 Å². The quantitative estimate of drug-likeness (QED) is 0.627. The highest BCUT2D eigenvalue weighted by Gasteiger charge is 2.35. The van der Waals surface area contributed by atoms with E-state index in [0.29, 0.717) is 18.0 Å². The fraction of sp³-hybridized carbons (Fsp3) is 0.250. The fourth-order valence-electron chi connectivity index (χ4n) is 2.88. The molecule has 1 N–H and O–H groups in total. The number of rotatable bonds is 6. The molecule has 27 heavy (non-hydrogen) atoms. The number of nitrogens with zero attached hydrogens (tertiary/aromatic N) is 2. The molecule has 2 aromatic rings. The van der Waals surface area contributed by atoms with Gasteiger partial charge in [0.15, 0.2) is 0 Å². The lowest BCUT2D eigenvalue weighted by Crippen LogP contribution is -2.30. The monoisotopic (exact) mass is 367 g/mol. The third-order valence-corrected chi connectivity index (χ3v) is 4.36. The van der Waals surface area contributed by atoms with Crippen LogP contribution in [0.5, 0.6) is 11.5 Å². The highest BCUT2D eigenvalue weighted by molar-refractivity contribution is 6.00. The second kappa shape index (κ2) is 8.35. The van der Waals surface area contributed by atoms with Crippen molar-refractivity contribution < 1.29 is 19.1 Å². The van der Waals surface area contributed by atoms with E-state index in [1.807, 2.05) is 18.2 Å². The van der Waals surface area contributed by atoms with Gasteiger partial charge in [0.2, 0.25) is 11.8 Å². The van der Waals surface area contributed by atoms with Gasteiger partial charge in [-0.25, -0.2) is 5.43 Å². The van der Waals surface area contributed by atoms with Gasteiger partial charge in [-0.1, -0.05) is 12.1 Å². The van der Waals surface area contributed by atoms with Crippen molar-refractivity contribution in [2.75, 3.05) is 25.7 Å². The standard InChI is InChI=1S/C20H21N3O4/c1-26-17-8-6-16(7-9-17)23-13-15(11-19(23)24)20(25)22-21-12-14-4-3-5-18(10-14)27-2/h3-10,12,15H,11,13H2,1-2H3,(H,22,25)/b21-12+/t15-/m1/s1. The van der Waals surface area contributed by atoms with E-state index in [1.165, 1.54) is 0 Å². The average molecular weight is 367 g/mol. The molecule has 1 atom stereocenters. The summed E-state index contributed by atoms with van der Waals surface area (Å²) in [5, 5.41) is 3.98. The number of hydrazone groups is 1. The van der Waals surface area contributed by atoms with Gasteiger partial charge in [0.05, 0.1) is 26.4 Å². The van der Waals surface area contributed by atoms with E-state index in [9.17, 15) is 9.59 Å². The number of carbonyl (C=O) groups excluding carboxylic acids is 2. The van der Waals surface area contributed by atoms with Crippen molar-refractivity contribution in [3.05, 3.63) is 54.1 Å². The van der Waals surface area contributed by atoms with Crippen LogP contribution in [-0.4, -0.2) is 38.8 Å². The molecule has 1 fully saturated rings. The number of ether oxygens (including phenoxy) is 2. The molecule has 0 radical (unpaired) electrons. The maximum Gasteiger partial charge on any atom is 0.245 e. The molecule has 0 aliphatic carbocycles. The average Bonchev–Trinajstić information content (AvgIpc) is 3.10. The molecule has 7 nitrogen and oxygen atoms in total. The number of amides is 2. The minimum absolute atomic E-state index is 0.0860. The molecule has 2 amide bonds. The third-order valence-electron chi connectivity index (χ3n) is 4.36. The van der Waals surface area contributed by atoms with Gasteiger partial charge < -0.3 is 14.4 Å². The summed E-state index contributed by atoms with van der Waals surface area (Å²) in [7, 11) is 3.17. The second-order valence-electron chi connectivity index (χ2n) is 6.11. The summed E-state index contributed by atoms with van der Waals surface area (Å²) in [6, 6.07) is 14.5. The van der Waals surface area contributed by atoms with Crippen LogP contribution in [0.25, 0.3) is 0 Å². The summed E-state index contributed by atoms with van der Waals surface area (Å²) in [5.74, 6) is 0.617. The summed E-state index contributed by atoms with van der Waals surface area (Å²) in [6.45, 7) is 0.325. The van der Waals surface area contributed by atoms with Crippen LogP contribution in [0.2, 0.25) is 0 Å². The van der Waals surface area contributed by atoms with Crippen molar-refractivity contribution in [1.29, 1.82) is 0 Å². The van der Waals surface area contributed by atoms with Crippen LogP contribution in [0.3, 0.4) is 0 Å². The van der Waals surface area contributed by atoms with E-state index in [4.69, 9.17) is 9.47 Å². The van der Waals surface area contributed by atoms with Crippen LogP contribution in [0.4, 0.5) is 5.69 Å². The molecule has 0 spiro atoms. The molecule has 0 bridgehead atoms. The molecule has 7 heteroatoms. The lowest BCUT2D eigenvalue weighted by molar-refractivity contribution is -0.126. The Balaban J connectivity index is 1.59. The Morgan fingerprint density at radius 1 is 1.15 bits per heavy atom. The van der Waals surface area contributed by atoms with Gasteiger partial charge in [0, 0.05) is 18.7 Å². The van der Waals surface area contributed by atoms with Gasteiger partial charge in [-0.2, -0.15) is 5.10 Å². The zero-order chi connectivity index (χ0) is 19.2. The number of hydrogen-bond acceptors (Lipinski definition) is 5. The number of carbonyl (C=O) groups is 2. The SMILES string of the molecule is COc1ccc(N2C[C@H](C(=O)N/N=C/c3cccc(OC)c3)CC2=O)cc1. The maximum absolute atomic E-state index is 12.3. The molecule has 0 unspecified atom stereocenters. The smallest absolute Gasteiger partial charge is 0.245 e. The first-order chi connectivity index (χ1) is 13.1. The molecule has 2 aromatic carbocycles. The molecule has 1 aliphatic rings. The summed E-state index contributed by atoms with van der Waals surface area (Å²) < 4.78 is 10.3. The molecule has 140 valence electrons. The van der Waals surface area contributed by atoms with E-state index in [-0.39, 0.29) is 18.2 Å². The fourth-order valence-corrected chi connectivity index (χ4v) is 2.88. The Bertz CT molecular complexity index is 849. The second-order valence-corrected chi connectivity index (χ2v) is 6.11. The highest BCUT2D eigenvalue weighted by atomic mass is 16.5. The summed E-state index contributed by atoms with van der Waals surface area (Å²) in [4.78, 5) is 26.2. The predicted octanol–water partition coefficient (Wildman–Crippen LogP) is 2.21. The Morgan fingerprint density at radius 2 is 1.89 bits per heavy atom. The van der Waals surface area contributed by atoms with Gasteiger partial charge in [-0.05, 0) is 42.0 Å². The Kier molecular flexibility index (Phi) is 5.71. The lowest BCUT2D eigenvalue weighted by atomic mass is 10.1. The van der Waals surface area contributed by atoms with Crippen LogP contribution in [-0.2, 0) is 9.59 Å².